The first-order valence-electron chi connectivity index (χ1n) is 6.56. The van der Waals surface area contributed by atoms with Gasteiger partial charge < -0.3 is 14.5 Å². The van der Waals surface area contributed by atoms with E-state index in [4.69, 9.17) is 4.74 Å². The third kappa shape index (κ3) is 3.14. The van der Waals surface area contributed by atoms with Crippen molar-refractivity contribution in [3.8, 4) is 0 Å². The molecule has 1 heterocycles. The number of carbonyl (C=O) groups excluding carboxylic acids is 1. The van der Waals surface area contributed by atoms with Gasteiger partial charge in [-0.3, -0.25) is 4.79 Å². The van der Waals surface area contributed by atoms with Crippen LogP contribution in [-0.2, 0) is 9.53 Å². The summed E-state index contributed by atoms with van der Waals surface area (Å²) in [5, 5.41) is 0. The van der Waals surface area contributed by atoms with Gasteiger partial charge in [-0.15, -0.1) is 0 Å². The van der Waals surface area contributed by atoms with Gasteiger partial charge in [0, 0.05) is 26.2 Å². The standard InChI is InChI=1S/C13H24N2O2/c1-5-14(6-2)12-9-11(10-17-12)13(16)15(7-3)8-4/h9,11H,5-8,10H2,1-4H3. The summed E-state index contributed by atoms with van der Waals surface area (Å²) >= 11 is 0. The molecule has 1 rings (SSSR count). The highest BCUT2D eigenvalue weighted by Gasteiger charge is 2.28. The first-order valence-corrected chi connectivity index (χ1v) is 6.56. The van der Waals surface area contributed by atoms with E-state index in [1.165, 1.54) is 0 Å². The molecular weight excluding hydrogens is 216 g/mol. The summed E-state index contributed by atoms with van der Waals surface area (Å²) in [4.78, 5) is 16.1. The van der Waals surface area contributed by atoms with Crippen molar-refractivity contribution in [1.82, 2.24) is 9.80 Å². The molecule has 0 aliphatic carbocycles. The summed E-state index contributed by atoms with van der Waals surface area (Å²) in [5.41, 5.74) is 0. The Kier molecular flexibility index (Phi) is 5.32. The van der Waals surface area contributed by atoms with Crippen LogP contribution in [0.3, 0.4) is 0 Å². The summed E-state index contributed by atoms with van der Waals surface area (Å²) < 4.78 is 5.61. The average molecular weight is 240 g/mol. The number of rotatable bonds is 6. The molecule has 0 saturated heterocycles. The summed E-state index contributed by atoms with van der Waals surface area (Å²) in [6.45, 7) is 12.0. The molecule has 0 aromatic rings. The normalized spacial score (nSPS) is 18.6. The van der Waals surface area contributed by atoms with E-state index in [9.17, 15) is 4.79 Å². The lowest BCUT2D eigenvalue weighted by Gasteiger charge is -2.20. The van der Waals surface area contributed by atoms with Crippen LogP contribution in [0.5, 0.6) is 0 Å². The van der Waals surface area contributed by atoms with Crippen LogP contribution in [0, 0.1) is 5.92 Å². The zero-order valence-electron chi connectivity index (χ0n) is 11.4. The van der Waals surface area contributed by atoms with Gasteiger partial charge in [-0.05, 0) is 33.8 Å². The molecule has 1 unspecified atom stereocenters. The molecule has 4 heteroatoms. The SMILES string of the molecule is CCN(CC)C(=O)C1C=C(N(CC)CC)OC1. The van der Waals surface area contributed by atoms with Crippen molar-refractivity contribution in [2.45, 2.75) is 27.7 Å². The molecule has 1 atom stereocenters. The molecule has 4 nitrogen and oxygen atoms in total. The van der Waals surface area contributed by atoms with E-state index in [1.807, 2.05) is 24.8 Å². The van der Waals surface area contributed by atoms with E-state index in [0.29, 0.717) is 6.61 Å². The van der Waals surface area contributed by atoms with Crippen molar-refractivity contribution in [3.05, 3.63) is 12.0 Å². The fourth-order valence-electron chi connectivity index (χ4n) is 2.09. The Bertz CT molecular complexity index is 281. The van der Waals surface area contributed by atoms with Crippen molar-refractivity contribution in [3.63, 3.8) is 0 Å². The zero-order valence-corrected chi connectivity index (χ0v) is 11.4. The van der Waals surface area contributed by atoms with Crippen LogP contribution < -0.4 is 0 Å². The number of nitrogens with zero attached hydrogens (tertiary/aromatic N) is 2. The second kappa shape index (κ2) is 6.52. The minimum absolute atomic E-state index is 0.106. The van der Waals surface area contributed by atoms with Gasteiger partial charge in [-0.25, -0.2) is 0 Å². The molecule has 0 aromatic heterocycles. The highest BCUT2D eigenvalue weighted by Crippen LogP contribution is 2.21. The quantitative estimate of drug-likeness (QED) is 0.708. The zero-order chi connectivity index (χ0) is 12.8. The smallest absolute Gasteiger partial charge is 0.233 e. The van der Waals surface area contributed by atoms with Crippen LogP contribution in [0.2, 0.25) is 0 Å². The van der Waals surface area contributed by atoms with E-state index in [0.717, 1.165) is 32.1 Å². The van der Waals surface area contributed by atoms with E-state index in [1.54, 1.807) is 0 Å². The van der Waals surface area contributed by atoms with Crippen LogP contribution in [0.4, 0.5) is 0 Å². The topological polar surface area (TPSA) is 32.8 Å². The van der Waals surface area contributed by atoms with E-state index >= 15 is 0 Å². The minimum atomic E-state index is -0.106. The predicted molar refractivity (Wildman–Crippen MR) is 68.4 cm³/mol. The largest absolute Gasteiger partial charge is 0.478 e. The molecule has 17 heavy (non-hydrogen) atoms. The van der Waals surface area contributed by atoms with E-state index in [-0.39, 0.29) is 11.8 Å². The molecule has 0 radical (unpaired) electrons. The minimum Gasteiger partial charge on any atom is -0.478 e. The van der Waals surface area contributed by atoms with Gasteiger partial charge in [0.15, 0.2) is 5.88 Å². The first kappa shape index (κ1) is 13.9. The monoisotopic (exact) mass is 240 g/mol. The van der Waals surface area contributed by atoms with Crippen molar-refractivity contribution in [1.29, 1.82) is 0 Å². The number of carbonyl (C=O) groups is 1. The van der Waals surface area contributed by atoms with E-state index < -0.39 is 0 Å². The Hall–Kier alpha value is -1.19. The molecule has 0 bridgehead atoms. The Labute approximate surface area is 104 Å². The number of hydrogen-bond donors (Lipinski definition) is 0. The maximum atomic E-state index is 12.1. The van der Waals surface area contributed by atoms with E-state index in [2.05, 4.69) is 18.7 Å². The molecular formula is C13H24N2O2. The molecule has 0 N–H and O–H groups in total. The summed E-state index contributed by atoms with van der Waals surface area (Å²) in [6, 6.07) is 0. The third-order valence-electron chi connectivity index (χ3n) is 3.22. The van der Waals surface area contributed by atoms with Gasteiger partial charge in [0.2, 0.25) is 5.91 Å². The fraction of sp³-hybridized carbons (Fsp3) is 0.769. The Morgan fingerprint density at radius 3 is 2.29 bits per heavy atom. The Balaban J connectivity index is 2.67. The molecule has 1 amide bonds. The van der Waals surface area contributed by atoms with Crippen molar-refractivity contribution < 1.29 is 9.53 Å². The van der Waals surface area contributed by atoms with Crippen LogP contribution in [-0.4, -0.2) is 48.5 Å². The van der Waals surface area contributed by atoms with Crippen molar-refractivity contribution >= 4 is 5.91 Å². The van der Waals surface area contributed by atoms with Crippen LogP contribution in [0.25, 0.3) is 0 Å². The van der Waals surface area contributed by atoms with Gasteiger partial charge in [0.05, 0.1) is 5.92 Å². The molecule has 0 saturated carbocycles. The first-order chi connectivity index (χ1) is 8.17. The second-order valence-corrected chi connectivity index (χ2v) is 4.11. The van der Waals surface area contributed by atoms with Crippen molar-refractivity contribution in [2.75, 3.05) is 32.8 Å². The fourth-order valence-corrected chi connectivity index (χ4v) is 2.09. The molecule has 0 spiro atoms. The Morgan fingerprint density at radius 2 is 1.82 bits per heavy atom. The Morgan fingerprint density at radius 1 is 1.24 bits per heavy atom. The number of amides is 1. The maximum Gasteiger partial charge on any atom is 0.233 e. The molecule has 1 aliphatic heterocycles. The summed E-state index contributed by atoms with van der Waals surface area (Å²) in [7, 11) is 0. The van der Waals surface area contributed by atoms with Crippen molar-refractivity contribution in [2.24, 2.45) is 5.92 Å². The molecule has 1 aliphatic rings. The second-order valence-electron chi connectivity index (χ2n) is 4.11. The van der Waals surface area contributed by atoms with Gasteiger partial charge >= 0.3 is 0 Å². The molecule has 0 aromatic carbocycles. The lowest BCUT2D eigenvalue weighted by atomic mass is 10.1. The molecule has 0 fully saturated rings. The lowest BCUT2D eigenvalue weighted by molar-refractivity contribution is -0.134. The van der Waals surface area contributed by atoms with Gasteiger partial charge in [0.25, 0.3) is 0 Å². The lowest BCUT2D eigenvalue weighted by Crippen LogP contribution is -2.35. The van der Waals surface area contributed by atoms with Crippen LogP contribution >= 0.6 is 0 Å². The predicted octanol–water partition coefficient (Wildman–Crippen LogP) is 1.68. The van der Waals surface area contributed by atoms with Gasteiger partial charge in [-0.2, -0.15) is 0 Å². The molecule has 98 valence electrons. The maximum absolute atomic E-state index is 12.1. The average Bonchev–Trinajstić information content (AvgIpc) is 2.81. The highest BCUT2D eigenvalue weighted by molar-refractivity contribution is 5.81. The third-order valence-corrected chi connectivity index (χ3v) is 3.22. The van der Waals surface area contributed by atoms with Crippen LogP contribution in [0.1, 0.15) is 27.7 Å². The summed E-state index contributed by atoms with van der Waals surface area (Å²) in [6.07, 6.45) is 1.97. The highest BCUT2D eigenvalue weighted by atomic mass is 16.5. The number of ether oxygens (including phenoxy) is 1. The summed E-state index contributed by atoms with van der Waals surface area (Å²) in [5.74, 6) is 0.933. The van der Waals surface area contributed by atoms with Gasteiger partial charge in [-0.1, -0.05) is 0 Å². The van der Waals surface area contributed by atoms with Crippen LogP contribution in [0.15, 0.2) is 12.0 Å². The van der Waals surface area contributed by atoms with Gasteiger partial charge in [0.1, 0.15) is 6.61 Å². The number of hydrogen-bond acceptors (Lipinski definition) is 3.